The highest BCUT2D eigenvalue weighted by Gasteiger charge is 2.21. The monoisotopic (exact) mass is 287 g/mol. The van der Waals surface area contributed by atoms with Crippen molar-refractivity contribution < 1.29 is 4.79 Å². The molecule has 1 aliphatic rings. The van der Waals surface area contributed by atoms with Gasteiger partial charge in [0.15, 0.2) is 5.82 Å². The second-order valence-electron chi connectivity index (χ2n) is 5.64. The Morgan fingerprint density at radius 1 is 1.33 bits per heavy atom. The molecular weight excluding hydrogens is 266 g/mol. The van der Waals surface area contributed by atoms with Gasteiger partial charge in [-0.2, -0.15) is 0 Å². The molecule has 1 unspecified atom stereocenters. The van der Waals surface area contributed by atoms with E-state index in [1.165, 1.54) is 12.8 Å². The predicted octanol–water partition coefficient (Wildman–Crippen LogP) is 1.83. The second-order valence-corrected chi connectivity index (χ2v) is 5.64. The molecule has 0 fully saturated rings. The largest absolute Gasteiger partial charge is 0.347 e. The number of hydrogen-bond donors (Lipinski definition) is 1. The molecule has 1 aliphatic heterocycles. The molecule has 0 aliphatic carbocycles. The molecule has 1 N–H and O–H groups in total. The lowest BCUT2D eigenvalue weighted by Gasteiger charge is -2.15. The average molecular weight is 287 g/mol. The van der Waals surface area contributed by atoms with Crippen LogP contribution in [0.4, 0.5) is 0 Å². The summed E-state index contributed by atoms with van der Waals surface area (Å²) in [6, 6.07) is 3.53. The first-order valence-corrected chi connectivity index (χ1v) is 7.51. The Hall–Kier alpha value is -2.11. The van der Waals surface area contributed by atoms with Crippen LogP contribution in [0.1, 0.15) is 54.4 Å². The third-order valence-electron chi connectivity index (χ3n) is 4.05. The second kappa shape index (κ2) is 5.71. The van der Waals surface area contributed by atoms with Crippen LogP contribution < -0.4 is 5.32 Å². The smallest absolute Gasteiger partial charge is 0.268 e. The Labute approximate surface area is 124 Å². The summed E-state index contributed by atoms with van der Waals surface area (Å²) >= 11 is 0. The van der Waals surface area contributed by atoms with E-state index in [9.17, 15) is 4.79 Å². The van der Waals surface area contributed by atoms with Gasteiger partial charge in [-0.1, -0.05) is 6.42 Å². The van der Waals surface area contributed by atoms with Gasteiger partial charge in [0.1, 0.15) is 11.5 Å². The number of fused-ring (bicyclic) bond motifs is 1. The number of amides is 1. The summed E-state index contributed by atoms with van der Waals surface area (Å²) in [5, 5.41) is 11.6. The van der Waals surface area contributed by atoms with Gasteiger partial charge in [-0.15, -0.1) is 10.2 Å². The topological polar surface area (TPSA) is 64.7 Å². The van der Waals surface area contributed by atoms with E-state index < -0.39 is 0 Å². The van der Waals surface area contributed by atoms with Crippen molar-refractivity contribution in [3.63, 3.8) is 0 Å². The first kappa shape index (κ1) is 13.9. The van der Waals surface area contributed by atoms with Crippen molar-refractivity contribution >= 4 is 5.91 Å². The maximum absolute atomic E-state index is 12.3. The zero-order chi connectivity index (χ0) is 14.8. The number of hydrogen-bond acceptors (Lipinski definition) is 3. The van der Waals surface area contributed by atoms with Gasteiger partial charge in [0, 0.05) is 26.2 Å². The molecule has 2 aromatic rings. The Morgan fingerprint density at radius 3 is 2.95 bits per heavy atom. The maximum atomic E-state index is 12.3. The minimum atomic E-state index is -0.147. The minimum absolute atomic E-state index is 0.0824. The Bertz CT molecular complexity index is 642. The van der Waals surface area contributed by atoms with Gasteiger partial charge in [-0.25, -0.2) is 0 Å². The van der Waals surface area contributed by atoms with Crippen LogP contribution >= 0.6 is 0 Å². The number of aryl methyl sites for hydroxylation is 2. The molecular formula is C15H21N5O. The van der Waals surface area contributed by atoms with E-state index in [-0.39, 0.29) is 11.9 Å². The SMILES string of the molecule is CC(NC(=O)c1cccn1C)c1nnc2n1CCCCC2. The molecule has 1 atom stereocenters. The minimum Gasteiger partial charge on any atom is -0.347 e. The Kier molecular flexibility index (Phi) is 3.77. The van der Waals surface area contributed by atoms with E-state index in [0.29, 0.717) is 5.69 Å². The highest BCUT2D eigenvalue weighted by Crippen LogP contribution is 2.18. The van der Waals surface area contributed by atoms with Crippen LogP contribution in [-0.4, -0.2) is 25.2 Å². The zero-order valence-corrected chi connectivity index (χ0v) is 12.5. The first-order valence-electron chi connectivity index (χ1n) is 7.51. The third kappa shape index (κ3) is 2.70. The van der Waals surface area contributed by atoms with E-state index >= 15 is 0 Å². The Morgan fingerprint density at radius 2 is 2.19 bits per heavy atom. The zero-order valence-electron chi connectivity index (χ0n) is 12.5. The summed E-state index contributed by atoms with van der Waals surface area (Å²) in [5.41, 5.74) is 0.650. The van der Waals surface area contributed by atoms with Crippen molar-refractivity contribution in [2.75, 3.05) is 0 Å². The van der Waals surface area contributed by atoms with Gasteiger partial charge in [-0.05, 0) is 31.9 Å². The van der Waals surface area contributed by atoms with Crippen LogP contribution in [0.5, 0.6) is 0 Å². The highest BCUT2D eigenvalue weighted by atomic mass is 16.2. The van der Waals surface area contributed by atoms with Crippen molar-refractivity contribution in [3.8, 4) is 0 Å². The number of rotatable bonds is 3. The number of carbonyl (C=O) groups is 1. The lowest BCUT2D eigenvalue weighted by Crippen LogP contribution is -2.30. The van der Waals surface area contributed by atoms with Gasteiger partial charge in [0.05, 0.1) is 6.04 Å². The lowest BCUT2D eigenvalue weighted by atomic mass is 10.2. The summed E-state index contributed by atoms with van der Waals surface area (Å²) in [6.45, 7) is 2.91. The van der Waals surface area contributed by atoms with Crippen LogP contribution in [0.15, 0.2) is 18.3 Å². The fraction of sp³-hybridized carbons (Fsp3) is 0.533. The van der Waals surface area contributed by atoms with Gasteiger partial charge < -0.3 is 14.5 Å². The van der Waals surface area contributed by atoms with Crippen LogP contribution in [0.3, 0.4) is 0 Å². The fourth-order valence-electron chi connectivity index (χ4n) is 2.86. The van der Waals surface area contributed by atoms with Crippen LogP contribution in [0.25, 0.3) is 0 Å². The molecule has 112 valence electrons. The van der Waals surface area contributed by atoms with Crippen molar-refractivity contribution in [2.45, 2.75) is 45.2 Å². The molecule has 3 heterocycles. The number of carbonyl (C=O) groups excluding carboxylic acids is 1. The van der Waals surface area contributed by atoms with Gasteiger partial charge in [0.25, 0.3) is 5.91 Å². The lowest BCUT2D eigenvalue weighted by molar-refractivity contribution is 0.0929. The standard InChI is InChI=1S/C15H21N5O/c1-11(16-15(21)12-7-6-9-19(12)2)14-18-17-13-8-4-3-5-10-20(13)14/h6-7,9,11H,3-5,8,10H2,1-2H3,(H,16,21). The maximum Gasteiger partial charge on any atom is 0.268 e. The quantitative estimate of drug-likeness (QED) is 0.936. The Balaban J connectivity index is 1.77. The molecule has 21 heavy (non-hydrogen) atoms. The van der Waals surface area contributed by atoms with E-state index in [4.69, 9.17) is 0 Å². The molecule has 0 spiro atoms. The molecule has 6 heteroatoms. The molecule has 3 rings (SSSR count). The fourth-order valence-corrected chi connectivity index (χ4v) is 2.86. The molecule has 0 bridgehead atoms. The van der Waals surface area contributed by atoms with Crippen LogP contribution in [0.2, 0.25) is 0 Å². The summed E-state index contributed by atoms with van der Waals surface area (Å²) in [4.78, 5) is 12.3. The predicted molar refractivity (Wildman–Crippen MR) is 78.9 cm³/mol. The van der Waals surface area contributed by atoms with Crippen molar-refractivity contribution in [1.29, 1.82) is 0 Å². The number of aromatic nitrogens is 4. The van der Waals surface area contributed by atoms with E-state index in [2.05, 4.69) is 20.1 Å². The molecule has 2 aromatic heterocycles. The van der Waals surface area contributed by atoms with Gasteiger partial charge >= 0.3 is 0 Å². The molecule has 0 radical (unpaired) electrons. The third-order valence-corrected chi connectivity index (χ3v) is 4.05. The number of nitrogens with zero attached hydrogens (tertiary/aromatic N) is 4. The molecule has 0 aromatic carbocycles. The van der Waals surface area contributed by atoms with E-state index in [1.807, 2.05) is 36.9 Å². The molecule has 0 saturated heterocycles. The summed E-state index contributed by atoms with van der Waals surface area (Å²) in [7, 11) is 1.86. The molecule has 6 nitrogen and oxygen atoms in total. The van der Waals surface area contributed by atoms with Crippen molar-refractivity contribution in [1.82, 2.24) is 24.6 Å². The highest BCUT2D eigenvalue weighted by molar-refractivity contribution is 5.92. The van der Waals surface area contributed by atoms with E-state index in [0.717, 1.165) is 31.0 Å². The van der Waals surface area contributed by atoms with Crippen LogP contribution in [-0.2, 0) is 20.0 Å². The van der Waals surface area contributed by atoms with Gasteiger partial charge in [0.2, 0.25) is 0 Å². The van der Waals surface area contributed by atoms with Crippen molar-refractivity contribution in [2.24, 2.45) is 7.05 Å². The molecule has 1 amide bonds. The number of nitrogens with one attached hydrogen (secondary N) is 1. The average Bonchev–Trinajstić information content (AvgIpc) is 2.99. The summed E-state index contributed by atoms with van der Waals surface area (Å²) in [6.07, 6.45) is 6.39. The van der Waals surface area contributed by atoms with Crippen molar-refractivity contribution in [3.05, 3.63) is 35.7 Å². The van der Waals surface area contributed by atoms with Crippen LogP contribution in [0, 0.1) is 0 Å². The summed E-state index contributed by atoms with van der Waals surface area (Å²) in [5.74, 6) is 1.82. The summed E-state index contributed by atoms with van der Waals surface area (Å²) < 4.78 is 3.98. The normalized spacial score (nSPS) is 16.1. The van der Waals surface area contributed by atoms with Gasteiger partial charge in [-0.3, -0.25) is 4.79 Å². The molecule has 0 saturated carbocycles. The first-order chi connectivity index (χ1) is 10.2. The van der Waals surface area contributed by atoms with E-state index in [1.54, 1.807) is 0 Å².